The van der Waals surface area contributed by atoms with E-state index in [1.165, 1.54) is 12.4 Å². The number of nitriles is 1. The predicted octanol–water partition coefficient (Wildman–Crippen LogP) is 1.97. The number of carbonyl (C=O) groups excluding carboxylic acids is 1. The number of piperazine rings is 1. The average molecular weight is 400 g/mol. The van der Waals surface area contributed by atoms with E-state index in [-0.39, 0.29) is 11.6 Å². The second-order valence-electron chi connectivity index (χ2n) is 6.91. The van der Waals surface area contributed by atoms with E-state index >= 15 is 0 Å². The molecule has 1 aliphatic rings. The van der Waals surface area contributed by atoms with Crippen LogP contribution >= 0.6 is 0 Å². The molecule has 3 N–H and O–H groups in total. The number of H-pyrrole nitrogens is 1. The summed E-state index contributed by atoms with van der Waals surface area (Å²) in [5.41, 5.74) is 2.81. The Morgan fingerprint density at radius 3 is 2.63 bits per heavy atom. The first-order chi connectivity index (χ1) is 14.6. The van der Waals surface area contributed by atoms with Crippen LogP contribution in [0, 0.1) is 11.3 Å². The number of carbonyl (C=O) groups is 1. The quantitative estimate of drug-likeness (QED) is 0.617. The number of rotatable bonds is 4. The topological polar surface area (TPSA) is 114 Å². The summed E-state index contributed by atoms with van der Waals surface area (Å²) in [5.74, 6) is -0.372. The van der Waals surface area contributed by atoms with E-state index < -0.39 is 5.56 Å². The molecule has 3 heterocycles. The lowest BCUT2D eigenvalue weighted by atomic mass is 10.1. The van der Waals surface area contributed by atoms with Gasteiger partial charge in [-0.2, -0.15) is 5.26 Å². The van der Waals surface area contributed by atoms with Gasteiger partial charge >= 0.3 is 0 Å². The maximum Gasteiger partial charge on any atom is 0.271 e. The molecule has 1 saturated heterocycles. The second kappa shape index (κ2) is 8.59. The molecule has 8 nitrogen and oxygen atoms in total. The molecular formula is C22H20N6O2. The molecule has 0 spiro atoms. The number of hydrogen-bond donors (Lipinski definition) is 3. The molecule has 0 radical (unpaired) electrons. The SMILES string of the molecule is N#Cc1ccnc(-c2c[nH]c(=O)c(NC(=O)c3ccc(N4CCNCC4)cc3)c2)c1. The van der Waals surface area contributed by atoms with Gasteiger partial charge in [0, 0.05) is 55.4 Å². The molecule has 0 unspecified atom stereocenters. The van der Waals surface area contributed by atoms with Crippen molar-refractivity contribution in [2.24, 2.45) is 0 Å². The fraction of sp³-hybridized carbons (Fsp3) is 0.182. The van der Waals surface area contributed by atoms with E-state index in [0.717, 1.165) is 31.9 Å². The Morgan fingerprint density at radius 1 is 1.13 bits per heavy atom. The summed E-state index contributed by atoms with van der Waals surface area (Å²) in [5, 5.41) is 15.0. The van der Waals surface area contributed by atoms with Gasteiger partial charge in [0.1, 0.15) is 5.69 Å². The number of amides is 1. The smallest absolute Gasteiger partial charge is 0.271 e. The molecule has 0 atom stereocenters. The number of nitrogens with zero attached hydrogens (tertiary/aromatic N) is 3. The van der Waals surface area contributed by atoms with Crippen LogP contribution in [-0.4, -0.2) is 42.1 Å². The van der Waals surface area contributed by atoms with Crippen LogP contribution in [0.1, 0.15) is 15.9 Å². The van der Waals surface area contributed by atoms with Gasteiger partial charge in [-0.05, 0) is 42.5 Å². The molecule has 0 saturated carbocycles. The number of anilines is 2. The van der Waals surface area contributed by atoms with Gasteiger partial charge in [0.05, 0.1) is 17.3 Å². The summed E-state index contributed by atoms with van der Waals surface area (Å²) in [6, 6.07) is 14.2. The van der Waals surface area contributed by atoms with Crippen LogP contribution in [0.2, 0.25) is 0 Å². The molecule has 30 heavy (non-hydrogen) atoms. The molecule has 1 fully saturated rings. The van der Waals surface area contributed by atoms with E-state index in [1.807, 2.05) is 12.1 Å². The van der Waals surface area contributed by atoms with Crippen molar-refractivity contribution in [3.8, 4) is 17.3 Å². The first kappa shape index (κ1) is 19.4. The van der Waals surface area contributed by atoms with Crippen LogP contribution in [0.4, 0.5) is 11.4 Å². The normalized spacial score (nSPS) is 13.5. The molecule has 3 aromatic rings. The largest absolute Gasteiger partial charge is 0.369 e. The number of aromatic amines is 1. The third kappa shape index (κ3) is 4.21. The van der Waals surface area contributed by atoms with Gasteiger partial charge in [-0.1, -0.05) is 0 Å². The highest BCUT2D eigenvalue weighted by atomic mass is 16.2. The maximum absolute atomic E-state index is 12.7. The molecule has 8 heteroatoms. The van der Waals surface area contributed by atoms with Crippen LogP contribution in [0.3, 0.4) is 0 Å². The fourth-order valence-corrected chi connectivity index (χ4v) is 3.32. The van der Waals surface area contributed by atoms with Gasteiger partial charge in [0.25, 0.3) is 11.5 Å². The Morgan fingerprint density at radius 2 is 1.90 bits per heavy atom. The van der Waals surface area contributed by atoms with Crippen molar-refractivity contribution in [1.82, 2.24) is 15.3 Å². The average Bonchev–Trinajstić information content (AvgIpc) is 2.81. The highest BCUT2D eigenvalue weighted by Gasteiger charge is 2.13. The Bertz CT molecular complexity index is 1160. The van der Waals surface area contributed by atoms with Crippen molar-refractivity contribution in [2.45, 2.75) is 0 Å². The molecule has 150 valence electrons. The molecular weight excluding hydrogens is 380 g/mol. The summed E-state index contributed by atoms with van der Waals surface area (Å²) in [4.78, 5) is 33.9. The lowest BCUT2D eigenvalue weighted by Crippen LogP contribution is -2.43. The van der Waals surface area contributed by atoms with Crippen LogP contribution < -0.4 is 21.1 Å². The molecule has 4 rings (SSSR count). The van der Waals surface area contributed by atoms with Gasteiger partial charge in [-0.3, -0.25) is 14.6 Å². The number of nitrogens with one attached hydrogen (secondary N) is 3. The maximum atomic E-state index is 12.7. The first-order valence-corrected chi connectivity index (χ1v) is 9.60. The lowest BCUT2D eigenvalue weighted by molar-refractivity contribution is 0.102. The molecule has 1 aromatic carbocycles. The van der Waals surface area contributed by atoms with E-state index in [4.69, 9.17) is 5.26 Å². The number of benzene rings is 1. The Kier molecular flexibility index (Phi) is 5.54. The van der Waals surface area contributed by atoms with E-state index in [9.17, 15) is 9.59 Å². The van der Waals surface area contributed by atoms with E-state index in [0.29, 0.717) is 22.4 Å². The molecule has 1 amide bonds. The van der Waals surface area contributed by atoms with Gasteiger partial charge < -0.3 is 20.5 Å². The second-order valence-corrected chi connectivity index (χ2v) is 6.91. The van der Waals surface area contributed by atoms with Gasteiger partial charge in [0.2, 0.25) is 0 Å². The van der Waals surface area contributed by atoms with Crippen LogP contribution in [0.25, 0.3) is 11.3 Å². The molecule has 0 aliphatic carbocycles. The van der Waals surface area contributed by atoms with E-state index in [1.54, 1.807) is 30.3 Å². The minimum absolute atomic E-state index is 0.118. The fourth-order valence-electron chi connectivity index (χ4n) is 3.32. The van der Waals surface area contributed by atoms with Crippen molar-refractivity contribution < 1.29 is 4.79 Å². The highest BCUT2D eigenvalue weighted by Crippen LogP contribution is 2.20. The Labute approximate surface area is 173 Å². The van der Waals surface area contributed by atoms with E-state index in [2.05, 4.69) is 31.6 Å². The Hall–Kier alpha value is -3.96. The van der Waals surface area contributed by atoms with Crippen LogP contribution in [0.5, 0.6) is 0 Å². The van der Waals surface area contributed by atoms with Gasteiger partial charge in [-0.25, -0.2) is 0 Å². The lowest BCUT2D eigenvalue weighted by Gasteiger charge is -2.29. The minimum Gasteiger partial charge on any atom is -0.369 e. The zero-order chi connectivity index (χ0) is 20.9. The Balaban J connectivity index is 1.53. The zero-order valence-corrected chi connectivity index (χ0v) is 16.2. The van der Waals surface area contributed by atoms with Crippen molar-refractivity contribution in [3.05, 3.63) is 76.3 Å². The van der Waals surface area contributed by atoms with Crippen molar-refractivity contribution in [1.29, 1.82) is 5.26 Å². The van der Waals surface area contributed by atoms with Crippen molar-refractivity contribution >= 4 is 17.3 Å². The summed E-state index contributed by atoms with van der Waals surface area (Å²) in [6.07, 6.45) is 3.03. The monoisotopic (exact) mass is 400 g/mol. The summed E-state index contributed by atoms with van der Waals surface area (Å²) in [6.45, 7) is 3.73. The van der Waals surface area contributed by atoms with Gasteiger partial charge in [0.15, 0.2) is 0 Å². The zero-order valence-electron chi connectivity index (χ0n) is 16.2. The van der Waals surface area contributed by atoms with Crippen LogP contribution in [0.15, 0.2) is 59.7 Å². The minimum atomic E-state index is -0.416. The van der Waals surface area contributed by atoms with Crippen molar-refractivity contribution in [2.75, 3.05) is 36.4 Å². The predicted molar refractivity (Wildman–Crippen MR) is 114 cm³/mol. The number of aromatic nitrogens is 2. The first-order valence-electron chi connectivity index (χ1n) is 9.60. The standard InChI is InChI=1S/C22H20N6O2/c23-13-15-5-6-25-19(11-15)17-12-20(22(30)26-14-17)27-21(29)16-1-3-18(4-2-16)28-9-7-24-8-10-28/h1-6,11-12,14,24H,7-10H2,(H,26,30)(H,27,29). The summed E-state index contributed by atoms with van der Waals surface area (Å²) in [7, 11) is 0. The number of hydrogen-bond acceptors (Lipinski definition) is 6. The molecule has 0 bridgehead atoms. The summed E-state index contributed by atoms with van der Waals surface area (Å²) < 4.78 is 0. The molecule has 2 aromatic heterocycles. The van der Waals surface area contributed by atoms with Crippen LogP contribution in [-0.2, 0) is 0 Å². The highest BCUT2D eigenvalue weighted by molar-refractivity contribution is 6.04. The number of pyridine rings is 2. The third-order valence-electron chi connectivity index (χ3n) is 4.95. The van der Waals surface area contributed by atoms with Crippen molar-refractivity contribution in [3.63, 3.8) is 0 Å². The summed E-state index contributed by atoms with van der Waals surface area (Å²) >= 11 is 0. The van der Waals surface area contributed by atoms with Gasteiger partial charge in [-0.15, -0.1) is 0 Å². The third-order valence-corrected chi connectivity index (χ3v) is 4.95. The molecule has 1 aliphatic heterocycles.